The molecule has 1 saturated heterocycles. The minimum atomic E-state index is -1.10. The minimum Gasteiger partial charge on any atom is -0.324 e. The largest absolute Gasteiger partial charge is 0.331 e. The van der Waals surface area contributed by atoms with Crippen LogP contribution in [0.2, 0.25) is 0 Å². The topological polar surface area (TPSA) is 85.0 Å². The first-order valence-corrected chi connectivity index (χ1v) is 9.46. The van der Waals surface area contributed by atoms with Gasteiger partial charge in [0.1, 0.15) is 12.6 Å². The van der Waals surface area contributed by atoms with Gasteiger partial charge in [0.2, 0.25) is 5.91 Å². The molecular weight excluding hydrogens is 408 g/mol. The van der Waals surface area contributed by atoms with Crippen LogP contribution in [0.1, 0.15) is 5.56 Å². The number of halogens is 2. The molecule has 0 spiro atoms. The second-order valence-corrected chi connectivity index (χ2v) is 7.18. The summed E-state index contributed by atoms with van der Waals surface area (Å²) in [4.78, 5) is 40.9. The molecule has 10 heteroatoms. The number of nitrogens with zero attached hydrogens (tertiary/aromatic N) is 3. The highest BCUT2D eigenvalue weighted by Crippen LogP contribution is 2.27. The molecule has 0 saturated carbocycles. The molecule has 2 aromatic carbocycles. The molecule has 1 atom stereocenters. The fourth-order valence-corrected chi connectivity index (χ4v) is 3.48. The third-order valence-corrected chi connectivity index (χ3v) is 4.93. The van der Waals surface area contributed by atoms with Gasteiger partial charge in [-0.1, -0.05) is 30.3 Å². The zero-order valence-electron chi connectivity index (χ0n) is 16.5. The number of amides is 4. The predicted octanol–water partition coefficient (Wildman–Crippen LogP) is 2.03. The monoisotopic (exact) mass is 427 g/mol. The average molecular weight is 427 g/mol. The molecule has 2 aliphatic heterocycles. The molecule has 2 aromatic rings. The Balaban J connectivity index is 1.55. The van der Waals surface area contributed by atoms with Crippen LogP contribution in [0.15, 0.2) is 60.4 Å². The van der Waals surface area contributed by atoms with Crippen molar-refractivity contribution in [2.45, 2.75) is 12.6 Å². The van der Waals surface area contributed by atoms with Gasteiger partial charge in [-0.05, 0) is 17.7 Å². The third-order valence-electron chi connectivity index (χ3n) is 4.93. The summed E-state index contributed by atoms with van der Waals surface area (Å²) in [6, 6.07) is 10.5. The van der Waals surface area contributed by atoms with Crippen LogP contribution in [-0.2, 0) is 16.1 Å². The van der Waals surface area contributed by atoms with Gasteiger partial charge < -0.3 is 10.3 Å². The van der Waals surface area contributed by atoms with Crippen molar-refractivity contribution in [1.29, 1.82) is 0 Å². The van der Waals surface area contributed by atoms with E-state index in [2.05, 4.69) is 10.7 Å². The Morgan fingerprint density at radius 1 is 1.06 bits per heavy atom. The molecule has 4 rings (SSSR count). The Morgan fingerprint density at radius 3 is 2.52 bits per heavy atom. The maximum Gasteiger partial charge on any atom is 0.331 e. The molecular formula is C21H19F2N5O3. The number of nitrogens with one attached hydrogen (secondary N) is 2. The fraction of sp³-hybridized carbons (Fsp3) is 0.190. The smallest absolute Gasteiger partial charge is 0.324 e. The first-order valence-electron chi connectivity index (χ1n) is 9.46. The van der Waals surface area contributed by atoms with Crippen molar-refractivity contribution in [1.82, 2.24) is 20.2 Å². The lowest BCUT2D eigenvalue weighted by molar-refractivity contribution is -0.133. The number of carbonyl (C=O) groups is 3. The number of benzene rings is 2. The Bertz CT molecular complexity index is 1080. The predicted molar refractivity (Wildman–Crippen MR) is 107 cm³/mol. The van der Waals surface area contributed by atoms with Crippen LogP contribution in [0, 0.1) is 11.6 Å². The van der Waals surface area contributed by atoms with Crippen LogP contribution in [0.4, 0.5) is 19.3 Å². The van der Waals surface area contributed by atoms with E-state index in [1.54, 1.807) is 37.5 Å². The van der Waals surface area contributed by atoms with E-state index >= 15 is 0 Å². The van der Waals surface area contributed by atoms with Crippen molar-refractivity contribution in [3.63, 3.8) is 0 Å². The van der Waals surface area contributed by atoms with Crippen molar-refractivity contribution >= 4 is 23.5 Å². The van der Waals surface area contributed by atoms with Crippen LogP contribution in [-0.4, -0.2) is 52.3 Å². The highest BCUT2D eigenvalue weighted by molar-refractivity contribution is 6.05. The Morgan fingerprint density at radius 2 is 1.81 bits per heavy atom. The van der Waals surface area contributed by atoms with Gasteiger partial charge in [-0.3, -0.25) is 19.4 Å². The first-order chi connectivity index (χ1) is 14.8. The molecule has 2 N–H and O–H groups in total. The number of urea groups is 1. The normalized spacial score (nSPS) is 18.2. The molecule has 0 aromatic heterocycles. The summed E-state index contributed by atoms with van der Waals surface area (Å²) in [5.74, 6) is -3.19. The molecule has 160 valence electrons. The molecule has 0 bridgehead atoms. The highest BCUT2D eigenvalue weighted by atomic mass is 19.2. The summed E-state index contributed by atoms with van der Waals surface area (Å²) < 4.78 is 26.5. The molecule has 2 aliphatic rings. The van der Waals surface area contributed by atoms with E-state index in [0.29, 0.717) is 5.70 Å². The molecule has 0 radical (unpaired) electrons. The Kier molecular flexibility index (Phi) is 5.38. The van der Waals surface area contributed by atoms with Crippen molar-refractivity contribution in [2.24, 2.45) is 0 Å². The van der Waals surface area contributed by atoms with Gasteiger partial charge in [-0.25, -0.2) is 19.0 Å². The standard InChI is InChI=1S/C21H19F2N5O3/c1-26-11-17-19(25-26)20(30)28(10-13-5-3-2-4-6-13)21(31)27(17)12-18(29)24-14-7-8-15(22)16(23)9-14/h2-9,11,19,25H,10,12H2,1H3,(H,24,29). The maximum absolute atomic E-state index is 13.4. The van der Waals surface area contributed by atoms with E-state index < -0.39 is 42.1 Å². The number of hydrogen-bond acceptors (Lipinski definition) is 5. The van der Waals surface area contributed by atoms with E-state index in [9.17, 15) is 23.2 Å². The summed E-state index contributed by atoms with van der Waals surface area (Å²) in [5, 5.41) is 3.98. The van der Waals surface area contributed by atoms with Crippen LogP contribution < -0.4 is 10.7 Å². The number of carbonyl (C=O) groups excluding carboxylic acids is 3. The lowest BCUT2D eigenvalue weighted by atomic mass is 10.1. The van der Waals surface area contributed by atoms with Gasteiger partial charge >= 0.3 is 6.03 Å². The Hall–Kier alpha value is -3.79. The molecule has 4 amide bonds. The molecule has 1 fully saturated rings. The number of hydrazine groups is 1. The van der Waals surface area contributed by atoms with Crippen molar-refractivity contribution in [3.05, 3.63) is 77.6 Å². The number of rotatable bonds is 5. The summed E-state index contributed by atoms with van der Waals surface area (Å²) in [5.41, 5.74) is 4.09. The van der Waals surface area contributed by atoms with E-state index in [-0.39, 0.29) is 12.2 Å². The third kappa shape index (κ3) is 4.10. The van der Waals surface area contributed by atoms with E-state index in [1.807, 2.05) is 6.07 Å². The fourth-order valence-electron chi connectivity index (χ4n) is 3.48. The average Bonchev–Trinajstić information content (AvgIpc) is 3.14. The second-order valence-electron chi connectivity index (χ2n) is 7.18. The zero-order chi connectivity index (χ0) is 22.1. The summed E-state index contributed by atoms with van der Waals surface area (Å²) in [7, 11) is 1.67. The lowest BCUT2D eigenvalue weighted by Gasteiger charge is -2.37. The number of fused-ring (bicyclic) bond motifs is 1. The molecule has 31 heavy (non-hydrogen) atoms. The van der Waals surface area contributed by atoms with Crippen LogP contribution >= 0.6 is 0 Å². The molecule has 0 aliphatic carbocycles. The van der Waals surface area contributed by atoms with Gasteiger partial charge in [0.05, 0.1) is 12.2 Å². The van der Waals surface area contributed by atoms with Gasteiger partial charge in [-0.15, -0.1) is 0 Å². The number of hydrogen-bond donors (Lipinski definition) is 2. The van der Waals surface area contributed by atoms with Gasteiger partial charge in [-0.2, -0.15) is 0 Å². The summed E-state index contributed by atoms with van der Waals surface area (Å²) in [6.07, 6.45) is 1.56. The maximum atomic E-state index is 13.4. The van der Waals surface area contributed by atoms with E-state index in [1.165, 1.54) is 16.0 Å². The van der Waals surface area contributed by atoms with Crippen LogP contribution in [0.5, 0.6) is 0 Å². The minimum absolute atomic E-state index is 0.0506. The molecule has 8 nitrogen and oxygen atoms in total. The second kappa shape index (κ2) is 8.15. The first kappa shape index (κ1) is 20.5. The molecule has 2 heterocycles. The van der Waals surface area contributed by atoms with Crippen molar-refractivity contribution in [3.8, 4) is 0 Å². The highest BCUT2D eigenvalue weighted by Gasteiger charge is 2.46. The number of imide groups is 1. The Labute approximate surface area is 176 Å². The zero-order valence-corrected chi connectivity index (χ0v) is 16.5. The SMILES string of the molecule is CN1C=C2C(N1)C(=O)N(Cc1ccccc1)C(=O)N2CC(=O)Nc1ccc(F)c(F)c1. The van der Waals surface area contributed by atoms with E-state index in [4.69, 9.17) is 0 Å². The van der Waals surface area contributed by atoms with Gasteiger partial charge in [0, 0.05) is 25.0 Å². The van der Waals surface area contributed by atoms with Gasteiger partial charge in [0.15, 0.2) is 11.6 Å². The van der Waals surface area contributed by atoms with Crippen LogP contribution in [0.25, 0.3) is 0 Å². The quantitative estimate of drug-likeness (QED) is 0.763. The van der Waals surface area contributed by atoms with Crippen LogP contribution in [0.3, 0.4) is 0 Å². The molecule has 1 unspecified atom stereocenters. The van der Waals surface area contributed by atoms with Crippen molar-refractivity contribution in [2.75, 3.05) is 18.9 Å². The van der Waals surface area contributed by atoms with Crippen molar-refractivity contribution < 1.29 is 23.2 Å². The number of anilines is 1. The summed E-state index contributed by atoms with van der Waals surface area (Å²) >= 11 is 0. The lowest BCUT2D eigenvalue weighted by Crippen LogP contribution is -2.60. The van der Waals surface area contributed by atoms with Gasteiger partial charge in [0.25, 0.3) is 5.91 Å². The summed E-state index contributed by atoms with van der Waals surface area (Å²) in [6.45, 7) is -0.358. The van der Waals surface area contributed by atoms with E-state index in [0.717, 1.165) is 22.6 Å².